The summed E-state index contributed by atoms with van der Waals surface area (Å²) in [6.45, 7) is 4.96. The molecule has 0 amide bonds. The highest BCUT2D eigenvalue weighted by atomic mass is 16.3. The summed E-state index contributed by atoms with van der Waals surface area (Å²) >= 11 is 0. The quantitative estimate of drug-likeness (QED) is 0.801. The summed E-state index contributed by atoms with van der Waals surface area (Å²) in [5.74, 6) is 0. The highest BCUT2D eigenvalue weighted by Gasteiger charge is 2.29. The second kappa shape index (κ2) is 4.95. The molecule has 3 nitrogen and oxygen atoms in total. The minimum atomic E-state index is 0.253. The van der Waals surface area contributed by atoms with E-state index in [0.29, 0.717) is 12.6 Å². The van der Waals surface area contributed by atoms with Gasteiger partial charge in [0.15, 0.2) is 0 Å². The number of hydrogen-bond donors (Lipinski definition) is 2. The van der Waals surface area contributed by atoms with Crippen molar-refractivity contribution in [2.45, 2.75) is 25.9 Å². The largest absolute Gasteiger partial charge is 0.396 e. The fraction of sp³-hybridized carbons (Fsp3) is 0.538. The first-order chi connectivity index (χ1) is 7.77. The molecule has 1 aliphatic rings. The van der Waals surface area contributed by atoms with E-state index in [1.807, 2.05) is 0 Å². The average molecular weight is 220 g/mol. The van der Waals surface area contributed by atoms with Crippen molar-refractivity contribution < 1.29 is 5.11 Å². The lowest BCUT2D eigenvalue weighted by Crippen LogP contribution is -2.29. The van der Waals surface area contributed by atoms with Crippen molar-refractivity contribution in [2.24, 2.45) is 5.73 Å². The third-order valence-corrected chi connectivity index (χ3v) is 3.43. The zero-order valence-electron chi connectivity index (χ0n) is 9.82. The summed E-state index contributed by atoms with van der Waals surface area (Å²) in [7, 11) is 0. The van der Waals surface area contributed by atoms with Crippen LogP contribution in [0.2, 0.25) is 0 Å². The van der Waals surface area contributed by atoms with Crippen molar-refractivity contribution in [2.75, 3.05) is 19.7 Å². The van der Waals surface area contributed by atoms with E-state index in [9.17, 15) is 0 Å². The Labute approximate surface area is 96.9 Å². The molecule has 16 heavy (non-hydrogen) atoms. The molecule has 0 aromatic heterocycles. The van der Waals surface area contributed by atoms with E-state index in [4.69, 9.17) is 10.8 Å². The first-order valence-corrected chi connectivity index (χ1v) is 5.91. The second-order valence-electron chi connectivity index (χ2n) is 4.44. The van der Waals surface area contributed by atoms with Crippen LogP contribution in [-0.2, 0) is 6.54 Å². The van der Waals surface area contributed by atoms with Gasteiger partial charge in [0.05, 0.1) is 0 Å². The van der Waals surface area contributed by atoms with Crippen LogP contribution in [0.5, 0.6) is 0 Å². The van der Waals surface area contributed by atoms with Crippen molar-refractivity contribution in [3.8, 4) is 0 Å². The van der Waals surface area contributed by atoms with Crippen LogP contribution in [0.25, 0.3) is 0 Å². The highest BCUT2D eigenvalue weighted by Crippen LogP contribution is 2.34. The van der Waals surface area contributed by atoms with Crippen LogP contribution in [-0.4, -0.2) is 29.7 Å². The molecule has 0 fully saturated rings. The summed E-state index contributed by atoms with van der Waals surface area (Å²) in [6, 6.07) is 6.77. The van der Waals surface area contributed by atoms with Gasteiger partial charge in [-0.15, -0.1) is 0 Å². The van der Waals surface area contributed by atoms with Gasteiger partial charge in [-0.3, -0.25) is 4.90 Å². The van der Waals surface area contributed by atoms with Gasteiger partial charge in [0.1, 0.15) is 0 Å². The van der Waals surface area contributed by atoms with Gasteiger partial charge in [-0.2, -0.15) is 0 Å². The maximum atomic E-state index is 8.90. The third-order valence-electron chi connectivity index (χ3n) is 3.43. The SMILES string of the molecule is Cc1cccc2c1CN(CCCO)C2CN. The van der Waals surface area contributed by atoms with Crippen LogP contribution >= 0.6 is 0 Å². The Bertz CT molecular complexity index is 365. The van der Waals surface area contributed by atoms with Gasteiger partial charge in [-0.25, -0.2) is 0 Å². The van der Waals surface area contributed by atoms with Crippen molar-refractivity contribution >= 4 is 0 Å². The molecule has 3 heteroatoms. The molecule has 88 valence electrons. The van der Waals surface area contributed by atoms with Crippen LogP contribution in [0.3, 0.4) is 0 Å². The molecule has 1 unspecified atom stereocenters. The molecule has 1 aliphatic heterocycles. The van der Waals surface area contributed by atoms with E-state index < -0.39 is 0 Å². The van der Waals surface area contributed by atoms with Gasteiger partial charge in [-0.05, 0) is 30.0 Å². The number of benzene rings is 1. The standard InChI is InChI=1S/C13H20N2O/c1-10-4-2-5-11-12(10)9-15(6-3-7-16)13(11)8-14/h2,4-5,13,16H,3,6-9,14H2,1H3. The number of rotatable bonds is 4. The molecule has 1 heterocycles. The smallest absolute Gasteiger partial charge is 0.0477 e. The third kappa shape index (κ3) is 1.98. The van der Waals surface area contributed by atoms with Crippen LogP contribution in [0, 0.1) is 6.92 Å². The molecule has 0 saturated heterocycles. The Morgan fingerprint density at radius 1 is 1.50 bits per heavy atom. The van der Waals surface area contributed by atoms with E-state index in [1.165, 1.54) is 16.7 Å². The molecule has 1 aromatic carbocycles. The van der Waals surface area contributed by atoms with Gasteiger partial charge < -0.3 is 10.8 Å². The predicted octanol–water partition coefficient (Wildman–Crippen LogP) is 1.19. The zero-order chi connectivity index (χ0) is 11.5. The highest BCUT2D eigenvalue weighted by molar-refractivity contribution is 5.40. The molecule has 0 bridgehead atoms. The molecular formula is C13H20N2O. The van der Waals surface area contributed by atoms with Gasteiger partial charge in [0.2, 0.25) is 0 Å². The van der Waals surface area contributed by atoms with Crippen molar-refractivity contribution in [3.05, 3.63) is 34.9 Å². The summed E-state index contributed by atoms with van der Waals surface area (Å²) < 4.78 is 0. The maximum Gasteiger partial charge on any atom is 0.0477 e. The molecule has 0 spiro atoms. The van der Waals surface area contributed by atoms with Gasteiger partial charge in [0, 0.05) is 32.3 Å². The fourth-order valence-electron chi connectivity index (χ4n) is 2.55. The normalized spacial score (nSPS) is 20.1. The number of fused-ring (bicyclic) bond motifs is 1. The maximum absolute atomic E-state index is 8.90. The fourth-order valence-corrected chi connectivity index (χ4v) is 2.55. The number of hydrogen-bond acceptors (Lipinski definition) is 3. The van der Waals surface area contributed by atoms with Crippen LogP contribution in [0.4, 0.5) is 0 Å². The topological polar surface area (TPSA) is 49.5 Å². The molecular weight excluding hydrogens is 200 g/mol. The minimum absolute atomic E-state index is 0.253. The first kappa shape index (κ1) is 11.6. The Balaban J connectivity index is 2.22. The summed E-state index contributed by atoms with van der Waals surface area (Å²) in [4.78, 5) is 2.37. The number of aryl methyl sites for hydroxylation is 1. The lowest BCUT2D eigenvalue weighted by Gasteiger charge is -2.23. The summed E-state index contributed by atoms with van der Waals surface area (Å²) in [5.41, 5.74) is 10.0. The molecule has 0 aliphatic carbocycles. The van der Waals surface area contributed by atoms with Crippen LogP contribution < -0.4 is 5.73 Å². The Morgan fingerprint density at radius 2 is 2.31 bits per heavy atom. The van der Waals surface area contributed by atoms with Gasteiger partial charge >= 0.3 is 0 Å². The van der Waals surface area contributed by atoms with Crippen LogP contribution in [0.1, 0.15) is 29.2 Å². The van der Waals surface area contributed by atoms with E-state index in [2.05, 4.69) is 30.0 Å². The van der Waals surface area contributed by atoms with Crippen molar-refractivity contribution in [1.29, 1.82) is 0 Å². The lowest BCUT2D eigenvalue weighted by atomic mass is 10.0. The summed E-state index contributed by atoms with van der Waals surface area (Å²) in [5, 5.41) is 8.90. The molecule has 1 atom stereocenters. The molecule has 2 rings (SSSR count). The average Bonchev–Trinajstić information content (AvgIpc) is 2.65. The Morgan fingerprint density at radius 3 is 3.00 bits per heavy atom. The monoisotopic (exact) mass is 220 g/mol. The van der Waals surface area contributed by atoms with Gasteiger partial charge in [-0.1, -0.05) is 18.2 Å². The number of aliphatic hydroxyl groups is 1. The number of nitrogens with two attached hydrogens (primary N) is 1. The molecule has 0 radical (unpaired) electrons. The van der Waals surface area contributed by atoms with Gasteiger partial charge in [0.25, 0.3) is 0 Å². The Kier molecular flexibility index (Phi) is 3.59. The van der Waals surface area contributed by atoms with Crippen LogP contribution in [0.15, 0.2) is 18.2 Å². The summed E-state index contributed by atoms with van der Waals surface area (Å²) in [6.07, 6.45) is 0.823. The molecule has 3 N–H and O–H groups in total. The zero-order valence-corrected chi connectivity index (χ0v) is 9.82. The number of nitrogens with zero attached hydrogens (tertiary/aromatic N) is 1. The molecule has 1 aromatic rings. The lowest BCUT2D eigenvalue weighted by molar-refractivity contribution is 0.190. The van der Waals surface area contributed by atoms with E-state index in [1.54, 1.807) is 0 Å². The first-order valence-electron chi connectivity index (χ1n) is 5.91. The van der Waals surface area contributed by atoms with E-state index >= 15 is 0 Å². The predicted molar refractivity (Wildman–Crippen MR) is 65.1 cm³/mol. The van der Waals surface area contributed by atoms with E-state index in [0.717, 1.165) is 19.5 Å². The van der Waals surface area contributed by atoms with Crippen molar-refractivity contribution in [1.82, 2.24) is 4.90 Å². The van der Waals surface area contributed by atoms with E-state index in [-0.39, 0.29) is 6.61 Å². The van der Waals surface area contributed by atoms with Crippen molar-refractivity contribution in [3.63, 3.8) is 0 Å². The molecule has 0 saturated carbocycles. The number of aliphatic hydroxyl groups excluding tert-OH is 1. The second-order valence-corrected chi connectivity index (χ2v) is 4.44. The Hall–Kier alpha value is -0.900. The minimum Gasteiger partial charge on any atom is -0.396 e.